The van der Waals surface area contributed by atoms with Crippen LogP contribution in [0.5, 0.6) is 0 Å². The standard InChI is InChI=1S/C25H31N11/c1-16(2)35-15-18(12-29-35)20-13-28-25-19(11-22(32-36(20)25)34-9-7-33(4)8-10-34)27-14-21-30-23-17(3)5-6-26-24(23)31-21/h5-6,11-13,15-16,27H,7-10,14H2,1-4H3,(H,26,30,31). The summed E-state index contributed by atoms with van der Waals surface area (Å²) >= 11 is 0. The molecule has 2 N–H and O–H groups in total. The lowest BCUT2D eigenvalue weighted by Gasteiger charge is -2.33. The number of aryl methyl sites for hydroxylation is 1. The monoisotopic (exact) mass is 485 g/mol. The highest BCUT2D eigenvalue weighted by molar-refractivity contribution is 5.76. The van der Waals surface area contributed by atoms with Gasteiger partial charge in [-0.25, -0.2) is 19.5 Å². The molecule has 0 bridgehead atoms. The van der Waals surface area contributed by atoms with Crippen LogP contribution in [0.4, 0.5) is 11.5 Å². The highest BCUT2D eigenvalue weighted by Crippen LogP contribution is 2.28. The van der Waals surface area contributed by atoms with E-state index in [0.29, 0.717) is 6.54 Å². The van der Waals surface area contributed by atoms with Crippen LogP contribution < -0.4 is 10.2 Å². The smallest absolute Gasteiger partial charge is 0.178 e. The van der Waals surface area contributed by atoms with Gasteiger partial charge < -0.3 is 20.1 Å². The van der Waals surface area contributed by atoms with E-state index in [1.165, 1.54) is 0 Å². The van der Waals surface area contributed by atoms with Gasteiger partial charge in [-0.15, -0.1) is 5.10 Å². The van der Waals surface area contributed by atoms with Gasteiger partial charge in [-0.2, -0.15) is 5.10 Å². The fraction of sp³-hybridized carbons (Fsp3) is 0.400. The van der Waals surface area contributed by atoms with Crippen molar-refractivity contribution in [1.29, 1.82) is 0 Å². The summed E-state index contributed by atoms with van der Waals surface area (Å²) < 4.78 is 3.89. The molecule has 11 heteroatoms. The second-order valence-corrected chi connectivity index (χ2v) is 9.75. The van der Waals surface area contributed by atoms with E-state index in [1.54, 1.807) is 6.20 Å². The van der Waals surface area contributed by atoms with Crippen molar-refractivity contribution in [1.82, 2.24) is 44.2 Å². The number of nitrogens with zero attached hydrogens (tertiary/aromatic N) is 9. The van der Waals surface area contributed by atoms with Crippen LogP contribution in [0.25, 0.3) is 28.1 Å². The van der Waals surface area contributed by atoms with Gasteiger partial charge >= 0.3 is 0 Å². The first kappa shape index (κ1) is 22.5. The molecule has 6 rings (SSSR count). The van der Waals surface area contributed by atoms with Gasteiger partial charge in [-0.3, -0.25) is 4.68 Å². The molecule has 0 aliphatic carbocycles. The number of aromatic nitrogens is 8. The molecule has 1 fully saturated rings. The normalized spacial score (nSPS) is 15.0. The zero-order valence-electron chi connectivity index (χ0n) is 21.1. The van der Waals surface area contributed by atoms with Gasteiger partial charge in [-0.05, 0) is 39.4 Å². The summed E-state index contributed by atoms with van der Waals surface area (Å²) in [6.45, 7) is 10.7. The van der Waals surface area contributed by atoms with Crippen molar-refractivity contribution in [2.75, 3.05) is 43.4 Å². The predicted molar refractivity (Wildman–Crippen MR) is 140 cm³/mol. The lowest BCUT2D eigenvalue weighted by molar-refractivity contribution is 0.311. The molecule has 0 radical (unpaired) electrons. The number of aromatic amines is 1. The van der Waals surface area contributed by atoms with Gasteiger partial charge in [0.2, 0.25) is 0 Å². The Bertz CT molecular complexity index is 1520. The fourth-order valence-corrected chi connectivity index (χ4v) is 4.57. The number of fused-ring (bicyclic) bond motifs is 2. The summed E-state index contributed by atoms with van der Waals surface area (Å²) in [6.07, 6.45) is 7.59. The van der Waals surface area contributed by atoms with E-state index in [0.717, 1.165) is 77.1 Å². The Morgan fingerprint density at radius 1 is 1.11 bits per heavy atom. The summed E-state index contributed by atoms with van der Waals surface area (Å²) in [5, 5.41) is 13.1. The van der Waals surface area contributed by atoms with Crippen LogP contribution in [0, 0.1) is 6.92 Å². The largest absolute Gasteiger partial charge is 0.375 e. The van der Waals surface area contributed by atoms with Crippen LogP contribution in [0.2, 0.25) is 0 Å². The summed E-state index contributed by atoms with van der Waals surface area (Å²) in [7, 11) is 2.16. The molecule has 1 saturated heterocycles. The van der Waals surface area contributed by atoms with Gasteiger partial charge in [-0.1, -0.05) is 0 Å². The number of piperazine rings is 1. The zero-order chi connectivity index (χ0) is 24.8. The minimum absolute atomic E-state index is 0.283. The third-order valence-corrected chi connectivity index (χ3v) is 6.80. The molecular formula is C25H31N11. The number of nitrogens with one attached hydrogen (secondary N) is 2. The van der Waals surface area contributed by atoms with Crippen molar-refractivity contribution in [3.8, 4) is 11.3 Å². The maximum Gasteiger partial charge on any atom is 0.178 e. The van der Waals surface area contributed by atoms with E-state index in [2.05, 4.69) is 75.2 Å². The third-order valence-electron chi connectivity index (χ3n) is 6.80. The van der Waals surface area contributed by atoms with Gasteiger partial charge in [0.15, 0.2) is 17.1 Å². The maximum absolute atomic E-state index is 5.03. The Kier molecular flexibility index (Phi) is 5.56. The number of imidazole rings is 2. The first-order valence-electron chi connectivity index (χ1n) is 12.4. The maximum atomic E-state index is 5.03. The lowest BCUT2D eigenvalue weighted by Crippen LogP contribution is -2.45. The van der Waals surface area contributed by atoms with Crippen molar-refractivity contribution in [2.45, 2.75) is 33.4 Å². The van der Waals surface area contributed by atoms with Crippen molar-refractivity contribution < 1.29 is 0 Å². The molecule has 0 atom stereocenters. The Morgan fingerprint density at radius 2 is 1.94 bits per heavy atom. The van der Waals surface area contributed by atoms with Crippen molar-refractivity contribution in [2.24, 2.45) is 0 Å². The molecule has 5 aromatic rings. The number of anilines is 2. The SMILES string of the molecule is Cc1ccnc2nc(CNc3cc(N4CCN(C)CC4)nn4c(-c5cnn(C(C)C)c5)cnc34)[nH]c12. The number of H-pyrrole nitrogens is 1. The van der Waals surface area contributed by atoms with E-state index >= 15 is 0 Å². The molecule has 36 heavy (non-hydrogen) atoms. The molecule has 1 aliphatic heterocycles. The Labute approximate surface area is 209 Å². The van der Waals surface area contributed by atoms with E-state index in [-0.39, 0.29) is 6.04 Å². The minimum Gasteiger partial charge on any atom is -0.375 e. The van der Waals surface area contributed by atoms with Gasteiger partial charge in [0.25, 0.3) is 0 Å². The number of hydrogen-bond donors (Lipinski definition) is 2. The van der Waals surface area contributed by atoms with E-state index in [4.69, 9.17) is 10.1 Å². The van der Waals surface area contributed by atoms with Crippen molar-refractivity contribution in [3.05, 3.63) is 48.3 Å². The summed E-state index contributed by atoms with van der Waals surface area (Å²) in [5.74, 6) is 1.75. The highest BCUT2D eigenvalue weighted by atomic mass is 15.4. The molecule has 1 aliphatic rings. The summed E-state index contributed by atoms with van der Waals surface area (Å²) in [5.41, 5.74) is 6.41. The highest BCUT2D eigenvalue weighted by Gasteiger charge is 2.20. The average Bonchev–Trinajstić information content (AvgIpc) is 3.61. The molecule has 5 aromatic heterocycles. The number of rotatable bonds is 6. The van der Waals surface area contributed by atoms with E-state index in [9.17, 15) is 0 Å². The molecule has 0 amide bonds. The van der Waals surface area contributed by atoms with Crippen molar-refractivity contribution >= 4 is 28.3 Å². The molecule has 0 aromatic carbocycles. The van der Waals surface area contributed by atoms with Crippen LogP contribution in [0.3, 0.4) is 0 Å². The second kappa shape index (κ2) is 8.90. The molecule has 0 spiro atoms. The van der Waals surface area contributed by atoms with Gasteiger partial charge in [0, 0.05) is 56.2 Å². The zero-order valence-corrected chi connectivity index (χ0v) is 21.1. The summed E-state index contributed by atoms with van der Waals surface area (Å²) in [4.78, 5) is 21.9. The Balaban J connectivity index is 1.38. The second-order valence-electron chi connectivity index (χ2n) is 9.75. The third kappa shape index (κ3) is 4.05. The molecule has 0 saturated carbocycles. The quantitative estimate of drug-likeness (QED) is 0.378. The minimum atomic E-state index is 0.283. The lowest BCUT2D eigenvalue weighted by atomic mass is 10.3. The van der Waals surface area contributed by atoms with Crippen LogP contribution in [-0.2, 0) is 6.54 Å². The van der Waals surface area contributed by atoms with Crippen molar-refractivity contribution in [3.63, 3.8) is 0 Å². The Morgan fingerprint density at radius 3 is 2.69 bits per heavy atom. The molecule has 11 nitrogen and oxygen atoms in total. The van der Waals surface area contributed by atoms with Crippen LogP contribution >= 0.6 is 0 Å². The molecule has 6 heterocycles. The average molecular weight is 486 g/mol. The fourth-order valence-electron chi connectivity index (χ4n) is 4.57. The van der Waals surface area contributed by atoms with E-state index in [1.807, 2.05) is 27.7 Å². The Hall–Kier alpha value is -3.99. The topological polar surface area (TPSA) is 108 Å². The van der Waals surface area contributed by atoms with Crippen LogP contribution in [0.1, 0.15) is 31.3 Å². The number of likely N-dealkylation sites (N-methyl/N-ethyl adjacent to an activating group) is 1. The predicted octanol–water partition coefficient (Wildman–Crippen LogP) is 3.12. The van der Waals surface area contributed by atoms with Gasteiger partial charge in [0.1, 0.15) is 5.82 Å². The first-order chi connectivity index (χ1) is 17.5. The summed E-state index contributed by atoms with van der Waals surface area (Å²) in [6, 6.07) is 4.37. The van der Waals surface area contributed by atoms with Gasteiger partial charge in [0.05, 0.1) is 35.8 Å². The van der Waals surface area contributed by atoms with Crippen LogP contribution in [-0.4, -0.2) is 77.5 Å². The van der Waals surface area contributed by atoms with Crippen LogP contribution in [0.15, 0.2) is 36.9 Å². The van der Waals surface area contributed by atoms with E-state index < -0.39 is 0 Å². The molecular weight excluding hydrogens is 454 g/mol. The molecule has 186 valence electrons. The number of hydrogen-bond acceptors (Lipinski definition) is 8. The number of pyridine rings is 1. The first-order valence-corrected chi connectivity index (χ1v) is 12.4. The molecule has 0 unspecified atom stereocenters.